The molecule has 6 nitrogen and oxygen atoms in total. The minimum Gasteiger partial charge on any atom is -0.413 e. The Labute approximate surface area is 214 Å². The second-order valence-electron chi connectivity index (χ2n) is 8.48. The Morgan fingerprint density at radius 2 is 1.31 bits per heavy atom. The van der Waals surface area contributed by atoms with Crippen LogP contribution in [0.3, 0.4) is 0 Å². The van der Waals surface area contributed by atoms with Gasteiger partial charge in [0, 0.05) is 16.2 Å². The maximum atomic E-state index is 13.8. The summed E-state index contributed by atoms with van der Waals surface area (Å²) in [6, 6.07) is 22.3. The van der Waals surface area contributed by atoms with Gasteiger partial charge in [-0.2, -0.15) is 0 Å². The summed E-state index contributed by atoms with van der Waals surface area (Å²) in [5.41, 5.74) is 2.09. The van der Waals surface area contributed by atoms with Crippen LogP contribution in [0.4, 0.5) is 5.69 Å². The Bertz CT molecular complexity index is 1340. The molecule has 3 aromatic rings. The van der Waals surface area contributed by atoms with Crippen molar-refractivity contribution >= 4 is 42.8 Å². The summed E-state index contributed by atoms with van der Waals surface area (Å²) < 4.78 is 25.3. The molecule has 0 spiro atoms. The summed E-state index contributed by atoms with van der Waals surface area (Å²) in [4.78, 5) is 27.2. The van der Waals surface area contributed by atoms with E-state index in [4.69, 9.17) is 20.6 Å². The van der Waals surface area contributed by atoms with Crippen molar-refractivity contribution in [2.75, 3.05) is 4.90 Å². The van der Waals surface area contributed by atoms with E-state index >= 15 is 0 Å². The highest BCUT2D eigenvalue weighted by Crippen LogP contribution is 2.50. The molecule has 8 heteroatoms. The van der Waals surface area contributed by atoms with Crippen LogP contribution in [0, 0.1) is 0 Å². The third kappa shape index (κ3) is 5.01. The molecule has 182 valence electrons. The predicted octanol–water partition coefficient (Wildman–Crippen LogP) is 7.41. The molecular formula is C28H23ClNO5P. The van der Waals surface area contributed by atoms with Crippen molar-refractivity contribution in [2.45, 2.75) is 25.7 Å². The number of carbonyl (C=O) groups excluding carboxylic acids is 2. The van der Waals surface area contributed by atoms with Crippen molar-refractivity contribution in [2.24, 2.45) is 0 Å². The van der Waals surface area contributed by atoms with Gasteiger partial charge in [0.15, 0.2) is 0 Å². The number of rotatable bonds is 7. The first-order valence-corrected chi connectivity index (χ1v) is 13.6. The molecule has 3 aromatic carbocycles. The van der Waals surface area contributed by atoms with Gasteiger partial charge in [0.1, 0.15) is 11.5 Å². The lowest BCUT2D eigenvalue weighted by Crippen LogP contribution is -2.31. The summed E-state index contributed by atoms with van der Waals surface area (Å²) in [5, 5.41) is 0.359. The average molecular weight is 520 g/mol. The number of imide groups is 1. The van der Waals surface area contributed by atoms with Crippen LogP contribution in [0.25, 0.3) is 6.08 Å². The van der Waals surface area contributed by atoms with E-state index < -0.39 is 7.60 Å². The fourth-order valence-electron chi connectivity index (χ4n) is 4.28. The average Bonchev–Trinajstić information content (AvgIpc) is 3.15. The second-order valence-corrected chi connectivity index (χ2v) is 10.6. The van der Waals surface area contributed by atoms with Crippen molar-refractivity contribution in [1.82, 2.24) is 0 Å². The standard InChI is InChI=1S/C28H23ClNO5P/c29-26-16-15-21(30-27(31)24-13-7-8-14-25(24)28(30)32)19-20(26)17-18-36(33,34-22-9-3-1-4-10-22)35-23-11-5-2-6-12-23/h1-6,9-12,15-19H,7-8,13-14H2. The lowest BCUT2D eigenvalue weighted by molar-refractivity contribution is -0.120. The van der Waals surface area contributed by atoms with E-state index in [1.54, 1.807) is 66.7 Å². The zero-order chi connectivity index (χ0) is 25.1. The molecule has 0 saturated carbocycles. The fraction of sp³-hybridized carbons (Fsp3) is 0.143. The first-order valence-electron chi connectivity index (χ1n) is 11.6. The Hall–Kier alpha value is -3.60. The second kappa shape index (κ2) is 10.2. The third-order valence-electron chi connectivity index (χ3n) is 6.02. The summed E-state index contributed by atoms with van der Waals surface area (Å²) in [6.45, 7) is 0. The van der Waals surface area contributed by atoms with Gasteiger partial charge in [0.25, 0.3) is 11.8 Å². The normalized spacial score (nSPS) is 16.0. The van der Waals surface area contributed by atoms with Gasteiger partial charge in [-0.3, -0.25) is 9.59 Å². The van der Waals surface area contributed by atoms with Crippen LogP contribution in [0.5, 0.6) is 11.5 Å². The molecule has 2 aliphatic rings. The number of nitrogens with zero attached hydrogens (tertiary/aromatic N) is 1. The van der Waals surface area contributed by atoms with Gasteiger partial charge in [-0.15, -0.1) is 0 Å². The molecular weight excluding hydrogens is 497 g/mol. The molecule has 0 bridgehead atoms. The van der Waals surface area contributed by atoms with Crippen LogP contribution in [0.15, 0.2) is 95.8 Å². The van der Waals surface area contributed by atoms with Crippen LogP contribution < -0.4 is 13.9 Å². The van der Waals surface area contributed by atoms with Crippen molar-refractivity contribution in [3.63, 3.8) is 0 Å². The number of amides is 2. The first kappa shape index (κ1) is 24.1. The van der Waals surface area contributed by atoms with Gasteiger partial charge < -0.3 is 9.05 Å². The number of hydrogen-bond donors (Lipinski definition) is 0. The Balaban J connectivity index is 1.45. The molecule has 0 aromatic heterocycles. The number of hydrogen-bond acceptors (Lipinski definition) is 5. The van der Waals surface area contributed by atoms with E-state index in [-0.39, 0.29) is 11.8 Å². The van der Waals surface area contributed by atoms with Crippen LogP contribution in [-0.4, -0.2) is 11.8 Å². The number of para-hydroxylation sites is 2. The minimum atomic E-state index is -3.83. The monoisotopic (exact) mass is 519 g/mol. The van der Waals surface area contributed by atoms with Gasteiger partial charge in [0.2, 0.25) is 0 Å². The zero-order valence-corrected chi connectivity index (χ0v) is 21.0. The van der Waals surface area contributed by atoms with Crippen LogP contribution >= 0.6 is 19.2 Å². The Kier molecular flexibility index (Phi) is 6.82. The fourth-order valence-corrected chi connectivity index (χ4v) is 5.79. The van der Waals surface area contributed by atoms with Crippen molar-refractivity contribution in [3.05, 3.63) is 106 Å². The highest BCUT2D eigenvalue weighted by molar-refractivity contribution is 7.58. The summed E-state index contributed by atoms with van der Waals surface area (Å²) in [5.74, 6) is 1.53. The number of carbonyl (C=O) groups is 2. The van der Waals surface area contributed by atoms with Gasteiger partial charge in [-0.25, -0.2) is 9.46 Å². The number of anilines is 1. The SMILES string of the molecule is O=C1C2=C(CCCC2)C(=O)N1c1ccc(Cl)c(C=CP(=O)(Oc2ccccc2)Oc2ccccc2)c1. The smallest absolute Gasteiger partial charge is 0.413 e. The van der Waals surface area contributed by atoms with Crippen molar-refractivity contribution in [1.29, 1.82) is 0 Å². The topological polar surface area (TPSA) is 72.9 Å². The van der Waals surface area contributed by atoms with E-state index in [0.29, 0.717) is 51.8 Å². The lowest BCUT2D eigenvalue weighted by atomic mass is 9.93. The summed E-state index contributed by atoms with van der Waals surface area (Å²) >= 11 is 6.43. The third-order valence-corrected chi connectivity index (χ3v) is 7.81. The lowest BCUT2D eigenvalue weighted by Gasteiger charge is -2.18. The Morgan fingerprint density at radius 3 is 1.83 bits per heavy atom. The maximum Gasteiger partial charge on any atom is 0.455 e. The van der Waals surface area contributed by atoms with Gasteiger partial charge in [0.05, 0.1) is 11.5 Å². The number of halogens is 1. The minimum absolute atomic E-state index is 0.280. The quantitative estimate of drug-likeness (QED) is 0.240. The largest absolute Gasteiger partial charge is 0.455 e. The summed E-state index contributed by atoms with van der Waals surface area (Å²) in [6.07, 6.45) is 4.56. The molecule has 0 unspecified atom stereocenters. The number of benzene rings is 3. The Morgan fingerprint density at radius 1 is 0.778 bits per heavy atom. The molecule has 1 heterocycles. The molecule has 1 aliphatic heterocycles. The molecule has 2 amide bonds. The molecule has 0 fully saturated rings. The van der Waals surface area contributed by atoms with E-state index in [9.17, 15) is 14.2 Å². The van der Waals surface area contributed by atoms with Crippen LogP contribution in [-0.2, 0) is 14.2 Å². The highest BCUT2D eigenvalue weighted by atomic mass is 35.5. The molecule has 0 radical (unpaired) electrons. The maximum absolute atomic E-state index is 13.8. The van der Waals surface area contributed by atoms with Gasteiger partial charge >= 0.3 is 7.60 Å². The van der Waals surface area contributed by atoms with E-state index in [1.807, 2.05) is 12.1 Å². The zero-order valence-electron chi connectivity index (χ0n) is 19.3. The molecule has 1 aliphatic carbocycles. The van der Waals surface area contributed by atoms with Gasteiger partial charge in [-0.1, -0.05) is 48.0 Å². The summed E-state index contributed by atoms with van der Waals surface area (Å²) in [7, 11) is -3.83. The van der Waals surface area contributed by atoms with E-state index in [1.165, 1.54) is 16.8 Å². The van der Waals surface area contributed by atoms with Gasteiger partial charge in [-0.05, 0) is 79.8 Å². The molecule has 0 saturated heterocycles. The first-order chi connectivity index (χ1) is 17.4. The molecule has 0 N–H and O–H groups in total. The van der Waals surface area contributed by atoms with E-state index in [0.717, 1.165) is 12.8 Å². The van der Waals surface area contributed by atoms with E-state index in [2.05, 4.69) is 0 Å². The van der Waals surface area contributed by atoms with Crippen molar-refractivity contribution in [3.8, 4) is 11.5 Å². The van der Waals surface area contributed by atoms with Crippen LogP contribution in [0.1, 0.15) is 31.2 Å². The molecule has 5 rings (SSSR count). The van der Waals surface area contributed by atoms with Crippen LogP contribution in [0.2, 0.25) is 5.02 Å². The molecule has 36 heavy (non-hydrogen) atoms. The highest BCUT2D eigenvalue weighted by Gasteiger charge is 2.39. The van der Waals surface area contributed by atoms with Crippen molar-refractivity contribution < 1.29 is 23.2 Å². The predicted molar refractivity (Wildman–Crippen MR) is 140 cm³/mol. The molecule has 0 atom stereocenters.